The van der Waals surface area contributed by atoms with Gasteiger partial charge in [-0.25, -0.2) is 0 Å². The number of rotatable bonds is 1. The standard InChI is InChI=1S/C11H10O.CH3I/c1-12-11-8-4-6-9-5-2-3-7-10(9)11;1-2/h2-8H,1H3;1H3. The van der Waals surface area contributed by atoms with Crippen LogP contribution in [0.4, 0.5) is 0 Å². The molecule has 0 fully saturated rings. The van der Waals surface area contributed by atoms with Crippen molar-refractivity contribution in [3.8, 4) is 5.75 Å². The molecule has 0 aliphatic heterocycles. The number of methoxy groups -OCH3 is 1. The van der Waals surface area contributed by atoms with Gasteiger partial charge in [-0.05, 0) is 16.4 Å². The first kappa shape index (κ1) is 11.3. The SMILES string of the molecule is CI.COc1cccc2ccccc12. The molecule has 0 N–H and O–H groups in total. The lowest BCUT2D eigenvalue weighted by atomic mass is 10.1. The van der Waals surface area contributed by atoms with Crippen LogP contribution in [-0.4, -0.2) is 12.0 Å². The molecule has 0 unspecified atom stereocenters. The quantitative estimate of drug-likeness (QED) is 0.573. The van der Waals surface area contributed by atoms with Crippen molar-refractivity contribution in [2.75, 3.05) is 12.0 Å². The molecule has 0 saturated carbocycles. The van der Waals surface area contributed by atoms with Gasteiger partial charge in [0, 0.05) is 5.39 Å². The number of ether oxygens (including phenoxy) is 1. The molecule has 0 heterocycles. The highest BCUT2D eigenvalue weighted by Crippen LogP contribution is 2.24. The van der Waals surface area contributed by atoms with E-state index in [1.807, 2.05) is 29.2 Å². The maximum Gasteiger partial charge on any atom is 0.126 e. The van der Waals surface area contributed by atoms with Gasteiger partial charge < -0.3 is 4.74 Å². The minimum Gasteiger partial charge on any atom is -0.496 e. The van der Waals surface area contributed by atoms with E-state index in [0.29, 0.717) is 0 Å². The predicted octanol–water partition coefficient (Wildman–Crippen LogP) is 3.90. The van der Waals surface area contributed by atoms with Crippen molar-refractivity contribution in [2.45, 2.75) is 0 Å². The van der Waals surface area contributed by atoms with E-state index in [1.165, 1.54) is 10.8 Å². The van der Waals surface area contributed by atoms with Crippen molar-refractivity contribution in [1.82, 2.24) is 0 Å². The lowest BCUT2D eigenvalue weighted by Gasteiger charge is -2.03. The summed E-state index contributed by atoms with van der Waals surface area (Å²) in [4.78, 5) is 1.97. The van der Waals surface area contributed by atoms with Crippen LogP contribution in [0.2, 0.25) is 0 Å². The van der Waals surface area contributed by atoms with Crippen molar-refractivity contribution in [3.63, 3.8) is 0 Å². The van der Waals surface area contributed by atoms with Gasteiger partial charge in [0.25, 0.3) is 0 Å². The normalized spacial score (nSPS) is 9.07. The number of hydrogen-bond donors (Lipinski definition) is 0. The van der Waals surface area contributed by atoms with Gasteiger partial charge in [-0.2, -0.15) is 0 Å². The third-order valence-corrected chi connectivity index (χ3v) is 1.97. The van der Waals surface area contributed by atoms with Gasteiger partial charge in [0.2, 0.25) is 0 Å². The van der Waals surface area contributed by atoms with Crippen molar-refractivity contribution < 1.29 is 4.74 Å². The first-order chi connectivity index (χ1) is 6.92. The summed E-state index contributed by atoms with van der Waals surface area (Å²) in [5.41, 5.74) is 0. The molecule has 0 aromatic heterocycles. The van der Waals surface area contributed by atoms with Gasteiger partial charge >= 0.3 is 0 Å². The molecule has 2 aromatic rings. The average molecular weight is 300 g/mol. The van der Waals surface area contributed by atoms with Gasteiger partial charge in [0.05, 0.1) is 7.11 Å². The Morgan fingerprint density at radius 3 is 2.29 bits per heavy atom. The Hall–Kier alpha value is -0.770. The van der Waals surface area contributed by atoms with E-state index in [-0.39, 0.29) is 0 Å². The molecule has 0 radical (unpaired) electrons. The fraction of sp³-hybridized carbons (Fsp3) is 0.167. The van der Waals surface area contributed by atoms with Crippen LogP contribution in [0.1, 0.15) is 0 Å². The van der Waals surface area contributed by atoms with E-state index in [4.69, 9.17) is 4.74 Å². The molecule has 2 aromatic carbocycles. The lowest BCUT2D eigenvalue weighted by molar-refractivity contribution is 0.420. The van der Waals surface area contributed by atoms with Crippen LogP contribution in [0, 0.1) is 0 Å². The van der Waals surface area contributed by atoms with Crippen LogP contribution in [0.15, 0.2) is 42.5 Å². The molecule has 2 heteroatoms. The van der Waals surface area contributed by atoms with E-state index in [1.54, 1.807) is 7.11 Å². The highest BCUT2D eigenvalue weighted by molar-refractivity contribution is 14.1. The summed E-state index contributed by atoms with van der Waals surface area (Å²) in [6.45, 7) is 0. The molecule has 0 amide bonds. The molecule has 0 aliphatic rings. The highest BCUT2D eigenvalue weighted by Gasteiger charge is 1.96. The van der Waals surface area contributed by atoms with Gasteiger partial charge in [-0.15, -0.1) is 0 Å². The Bertz CT molecular complexity index is 393. The van der Waals surface area contributed by atoms with E-state index in [9.17, 15) is 0 Å². The molecule has 0 bridgehead atoms. The molecule has 74 valence electrons. The Labute approximate surface area is 98.2 Å². The number of hydrogen-bond acceptors (Lipinski definition) is 1. The van der Waals surface area contributed by atoms with Crippen molar-refractivity contribution in [1.29, 1.82) is 0 Å². The first-order valence-electron chi connectivity index (χ1n) is 4.31. The fourth-order valence-electron chi connectivity index (χ4n) is 1.37. The van der Waals surface area contributed by atoms with Crippen LogP contribution in [0.3, 0.4) is 0 Å². The van der Waals surface area contributed by atoms with E-state index in [2.05, 4.69) is 40.8 Å². The maximum absolute atomic E-state index is 5.23. The summed E-state index contributed by atoms with van der Waals surface area (Å²) in [6, 6.07) is 14.2. The zero-order valence-electron chi connectivity index (χ0n) is 8.33. The second-order valence-electron chi connectivity index (χ2n) is 2.68. The fourth-order valence-corrected chi connectivity index (χ4v) is 1.37. The Balaban J connectivity index is 0.000000461. The van der Waals surface area contributed by atoms with Crippen LogP contribution < -0.4 is 4.74 Å². The third-order valence-electron chi connectivity index (χ3n) is 1.97. The third kappa shape index (κ3) is 2.38. The average Bonchev–Trinajstić information content (AvgIpc) is 2.31. The number of alkyl halides is 1. The summed E-state index contributed by atoms with van der Waals surface area (Å²) >= 11 is 2.15. The van der Waals surface area contributed by atoms with Gasteiger partial charge in [0.15, 0.2) is 0 Å². The van der Waals surface area contributed by atoms with Crippen molar-refractivity contribution >= 4 is 33.4 Å². The minimum absolute atomic E-state index is 0.938. The summed E-state index contributed by atoms with van der Waals surface area (Å²) in [7, 11) is 1.70. The Morgan fingerprint density at radius 2 is 1.57 bits per heavy atom. The largest absolute Gasteiger partial charge is 0.496 e. The molecule has 0 saturated heterocycles. The highest BCUT2D eigenvalue weighted by atomic mass is 127. The van der Waals surface area contributed by atoms with Crippen LogP contribution in [-0.2, 0) is 0 Å². The molecule has 0 spiro atoms. The summed E-state index contributed by atoms with van der Waals surface area (Å²) in [5, 5.41) is 2.39. The minimum atomic E-state index is 0.938. The van der Waals surface area contributed by atoms with Crippen LogP contribution in [0.25, 0.3) is 10.8 Å². The molecule has 14 heavy (non-hydrogen) atoms. The number of halogens is 1. The molecule has 0 aliphatic carbocycles. The van der Waals surface area contributed by atoms with E-state index in [0.717, 1.165) is 5.75 Å². The Kier molecular flexibility index (Phi) is 4.73. The topological polar surface area (TPSA) is 9.23 Å². The van der Waals surface area contributed by atoms with E-state index < -0.39 is 0 Å². The monoisotopic (exact) mass is 300 g/mol. The summed E-state index contributed by atoms with van der Waals surface area (Å²) < 4.78 is 5.23. The zero-order chi connectivity index (χ0) is 10.4. The van der Waals surface area contributed by atoms with Gasteiger partial charge in [-0.3, -0.25) is 0 Å². The zero-order valence-corrected chi connectivity index (χ0v) is 10.5. The van der Waals surface area contributed by atoms with Gasteiger partial charge in [0.1, 0.15) is 5.75 Å². The van der Waals surface area contributed by atoms with Crippen LogP contribution >= 0.6 is 22.6 Å². The lowest BCUT2D eigenvalue weighted by Crippen LogP contribution is -1.83. The predicted molar refractivity (Wildman–Crippen MR) is 70.4 cm³/mol. The molecule has 2 rings (SSSR count). The molecule has 0 atom stereocenters. The van der Waals surface area contributed by atoms with E-state index >= 15 is 0 Å². The number of fused-ring (bicyclic) bond motifs is 1. The van der Waals surface area contributed by atoms with Gasteiger partial charge in [-0.1, -0.05) is 59.0 Å². The molecular formula is C12H13IO. The first-order valence-corrected chi connectivity index (χ1v) is 6.47. The van der Waals surface area contributed by atoms with Crippen molar-refractivity contribution in [3.05, 3.63) is 42.5 Å². The van der Waals surface area contributed by atoms with Crippen LogP contribution in [0.5, 0.6) is 5.75 Å². The number of benzene rings is 2. The molecular weight excluding hydrogens is 287 g/mol. The smallest absolute Gasteiger partial charge is 0.126 e. The summed E-state index contributed by atoms with van der Waals surface area (Å²) in [5.74, 6) is 0.938. The molecule has 1 nitrogen and oxygen atoms in total. The summed E-state index contributed by atoms with van der Waals surface area (Å²) in [6.07, 6.45) is 0. The maximum atomic E-state index is 5.23. The second kappa shape index (κ2) is 5.86. The second-order valence-corrected chi connectivity index (χ2v) is 2.68. The van der Waals surface area contributed by atoms with Crippen molar-refractivity contribution in [2.24, 2.45) is 0 Å². The Morgan fingerprint density at radius 1 is 0.929 bits per heavy atom.